The van der Waals surface area contributed by atoms with Crippen LogP contribution in [0.1, 0.15) is 46.2 Å². The van der Waals surface area contributed by atoms with Crippen LogP contribution in [0.3, 0.4) is 0 Å². The third-order valence-corrected chi connectivity index (χ3v) is 6.70. The van der Waals surface area contributed by atoms with Crippen LogP contribution in [0.5, 0.6) is 0 Å². The van der Waals surface area contributed by atoms with E-state index in [0.29, 0.717) is 29.9 Å². The number of rotatable bonds is 7. The van der Waals surface area contributed by atoms with E-state index >= 15 is 0 Å². The maximum Gasteiger partial charge on any atom is 0.310 e. The van der Waals surface area contributed by atoms with E-state index in [1.165, 1.54) is 22.8 Å². The number of benzene rings is 1. The van der Waals surface area contributed by atoms with E-state index in [-0.39, 0.29) is 42.4 Å². The number of ether oxygens (including phenoxy) is 1. The Labute approximate surface area is 196 Å². The molecule has 0 unspecified atom stereocenters. The molecule has 1 fully saturated rings. The SMILES string of the molecule is C=Nc1ncn(C)c1C(=O)N(C)Cc1nc([C@@H]2CO[C@@H](c3ccc(S(F)(F)(F)(F)F)cc3)C2)no1. The molecule has 2 atom stereocenters. The van der Waals surface area contributed by atoms with Crippen molar-refractivity contribution in [3.63, 3.8) is 0 Å². The third-order valence-electron chi connectivity index (χ3n) is 5.53. The highest BCUT2D eigenvalue weighted by molar-refractivity contribution is 8.45. The first-order valence-corrected chi connectivity index (χ1v) is 12.1. The Morgan fingerprint density at radius 1 is 1.26 bits per heavy atom. The number of carbonyl (C=O) groups is 1. The lowest BCUT2D eigenvalue weighted by Gasteiger charge is -2.40. The zero-order valence-corrected chi connectivity index (χ0v) is 19.4. The van der Waals surface area contributed by atoms with Crippen molar-refractivity contribution in [1.29, 1.82) is 0 Å². The fourth-order valence-corrected chi connectivity index (χ4v) is 4.36. The van der Waals surface area contributed by atoms with Crippen LogP contribution in [0.4, 0.5) is 25.2 Å². The summed E-state index contributed by atoms with van der Waals surface area (Å²) in [5.41, 5.74) is 0.570. The van der Waals surface area contributed by atoms with Crippen LogP contribution >= 0.6 is 10.2 Å². The number of hydrogen-bond acceptors (Lipinski definition) is 7. The van der Waals surface area contributed by atoms with Crippen LogP contribution in [0.2, 0.25) is 0 Å². The minimum Gasteiger partial charge on any atom is -0.373 e. The van der Waals surface area contributed by atoms with Crippen LogP contribution in [0.25, 0.3) is 0 Å². The highest BCUT2D eigenvalue weighted by Crippen LogP contribution is 3.02. The predicted molar refractivity (Wildman–Crippen MR) is 116 cm³/mol. The van der Waals surface area contributed by atoms with Crippen LogP contribution in [-0.4, -0.2) is 50.9 Å². The molecule has 1 saturated heterocycles. The molecule has 190 valence electrons. The maximum atomic E-state index is 12.9. The molecule has 1 amide bonds. The molecule has 35 heavy (non-hydrogen) atoms. The van der Waals surface area contributed by atoms with Gasteiger partial charge in [-0.2, -0.15) is 4.98 Å². The van der Waals surface area contributed by atoms with Gasteiger partial charge in [-0.25, -0.2) is 9.98 Å². The molecule has 4 rings (SSSR count). The topological polar surface area (TPSA) is 98.6 Å². The van der Waals surface area contributed by atoms with Crippen molar-refractivity contribution < 1.29 is 33.5 Å². The number of nitrogens with zero attached hydrogens (tertiary/aromatic N) is 6. The van der Waals surface area contributed by atoms with Crippen molar-refractivity contribution in [3.8, 4) is 0 Å². The number of halogens is 5. The molecule has 1 aliphatic rings. The van der Waals surface area contributed by atoms with Crippen LogP contribution in [0.15, 0.2) is 45.0 Å². The Hall–Kier alpha value is -3.33. The Kier molecular flexibility index (Phi) is 5.55. The van der Waals surface area contributed by atoms with E-state index in [2.05, 4.69) is 26.8 Å². The number of aromatic nitrogens is 4. The lowest BCUT2D eigenvalue weighted by molar-refractivity contribution is 0.0761. The van der Waals surface area contributed by atoms with Gasteiger partial charge in [0.2, 0.25) is 5.89 Å². The van der Waals surface area contributed by atoms with Crippen molar-refractivity contribution in [2.45, 2.75) is 29.9 Å². The van der Waals surface area contributed by atoms with Gasteiger partial charge in [0.25, 0.3) is 5.91 Å². The molecule has 2 aromatic heterocycles. The van der Waals surface area contributed by atoms with Crippen molar-refractivity contribution in [3.05, 3.63) is 53.6 Å². The van der Waals surface area contributed by atoms with E-state index < -0.39 is 21.2 Å². The number of imidazole rings is 1. The number of hydrogen-bond donors (Lipinski definition) is 0. The van der Waals surface area contributed by atoms with E-state index in [1.54, 1.807) is 7.05 Å². The monoisotopic (exact) mass is 520 g/mol. The van der Waals surface area contributed by atoms with E-state index in [9.17, 15) is 24.2 Å². The zero-order valence-electron chi connectivity index (χ0n) is 18.6. The molecule has 1 aliphatic heterocycles. The fraction of sp³-hybridized carbons (Fsp3) is 0.350. The van der Waals surface area contributed by atoms with Gasteiger partial charge in [-0.05, 0) is 30.8 Å². The largest absolute Gasteiger partial charge is 0.373 e. The summed E-state index contributed by atoms with van der Waals surface area (Å²) < 4.78 is 77.0. The van der Waals surface area contributed by atoms with Gasteiger partial charge in [-0.15, -0.1) is 0 Å². The molecule has 3 aromatic rings. The number of aryl methyl sites for hydroxylation is 1. The molecular formula is C20H21F5N6O3S. The second-order valence-corrected chi connectivity index (χ2v) is 10.6. The molecule has 0 N–H and O–H groups in total. The van der Waals surface area contributed by atoms with Crippen molar-refractivity contribution in [2.75, 3.05) is 13.7 Å². The molecule has 0 bridgehead atoms. The average molecular weight is 520 g/mol. The van der Waals surface area contributed by atoms with Gasteiger partial charge in [0.1, 0.15) is 11.4 Å². The van der Waals surface area contributed by atoms with E-state index in [1.807, 2.05) is 0 Å². The molecule has 0 saturated carbocycles. The maximum absolute atomic E-state index is 12.9. The standard InChI is InChI=1S/C20H21F5N6O3S/c1-26-19-17(31(3)11-27-19)20(32)30(2)9-16-28-18(29-34-16)13-8-15(33-10-13)12-4-6-14(7-5-12)35(21,22,23,24)25/h4-7,11,13,15H,1,8-10H2,2-3H3/t13-,15+/m0/s1. The van der Waals surface area contributed by atoms with Crippen LogP contribution < -0.4 is 0 Å². The third kappa shape index (κ3) is 5.19. The first kappa shape index (κ1) is 24.8. The van der Waals surface area contributed by atoms with Crippen molar-refractivity contribution in [1.82, 2.24) is 24.6 Å². The first-order chi connectivity index (χ1) is 16.2. The quantitative estimate of drug-likeness (QED) is 0.309. The summed E-state index contributed by atoms with van der Waals surface area (Å²) in [7, 11) is -6.55. The van der Waals surface area contributed by atoms with Crippen molar-refractivity contribution in [2.24, 2.45) is 12.0 Å². The molecule has 3 heterocycles. The number of amides is 1. The summed E-state index contributed by atoms with van der Waals surface area (Å²) in [6.45, 7) is 3.55. The van der Waals surface area contributed by atoms with Gasteiger partial charge < -0.3 is 18.7 Å². The van der Waals surface area contributed by atoms with Gasteiger partial charge in [-0.1, -0.05) is 36.7 Å². The fourth-order valence-electron chi connectivity index (χ4n) is 3.71. The van der Waals surface area contributed by atoms with Crippen LogP contribution in [-0.2, 0) is 18.3 Å². The van der Waals surface area contributed by atoms with Gasteiger partial charge in [-0.3, -0.25) is 4.79 Å². The lowest BCUT2D eigenvalue weighted by atomic mass is 10.0. The van der Waals surface area contributed by atoms with Gasteiger partial charge >= 0.3 is 10.2 Å². The normalized spacial score (nSPS) is 20.3. The summed E-state index contributed by atoms with van der Waals surface area (Å²) in [4.78, 5) is 24.2. The van der Waals surface area contributed by atoms with Crippen LogP contribution in [0, 0.1) is 0 Å². The van der Waals surface area contributed by atoms with Gasteiger partial charge in [0, 0.05) is 20.0 Å². The van der Waals surface area contributed by atoms with E-state index in [4.69, 9.17) is 9.26 Å². The molecule has 0 radical (unpaired) electrons. The highest BCUT2D eigenvalue weighted by Gasteiger charge is 2.65. The Morgan fingerprint density at radius 2 is 1.94 bits per heavy atom. The molecule has 1 aromatic carbocycles. The minimum absolute atomic E-state index is 0.000437. The zero-order chi connectivity index (χ0) is 25.7. The average Bonchev–Trinajstić information content (AvgIpc) is 3.51. The van der Waals surface area contributed by atoms with Crippen molar-refractivity contribution >= 4 is 28.7 Å². The van der Waals surface area contributed by atoms with Gasteiger partial charge in [0.05, 0.1) is 19.0 Å². The predicted octanol–water partition coefficient (Wildman–Crippen LogP) is 5.31. The molecular weight excluding hydrogens is 499 g/mol. The molecule has 0 spiro atoms. The smallest absolute Gasteiger partial charge is 0.310 e. The minimum atomic E-state index is -9.73. The lowest BCUT2D eigenvalue weighted by Crippen LogP contribution is -2.28. The van der Waals surface area contributed by atoms with Gasteiger partial charge in [0.15, 0.2) is 17.3 Å². The Morgan fingerprint density at radius 3 is 2.57 bits per heavy atom. The summed E-state index contributed by atoms with van der Waals surface area (Å²) in [5, 5.41) is 3.92. The molecule has 0 aliphatic carbocycles. The Balaban J connectivity index is 1.41. The summed E-state index contributed by atoms with van der Waals surface area (Å²) >= 11 is 0. The number of carbonyl (C=O) groups excluding carboxylic acids is 1. The number of aliphatic imine (C=N–C) groups is 1. The second kappa shape index (κ2) is 7.84. The highest BCUT2D eigenvalue weighted by atomic mass is 32.5. The first-order valence-electron chi connectivity index (χ1n) is 10.2. The summed E-state index contributed by atoms with van der Waals surface area (Å²) in [6.07, 6.45) is 1.14. The van der Waals surface area contributed by atoms with E-state index in [0.717, 1.165) is 12.1 Å². The summed E-state index contributed by atoms with van der Waals surface area (Å²) in [6, 6.07) is 2.69. The summed E-state index contributed by atoms with van der Waals surface area (Å²) in [5.74, 6) is -0.0528. The Bertz CT molecular complexity index is 1280. The molecule has 9 nitrogen and oxygen atoms in total. The molecule has 15 heteroatoms. The second-order valence-electron chi connectivity index (χ2n) is 8.19.